The summed E-state index contributed by atoms with van der Waals surface area (Å²) in [4.78, 5) is 14.3. The summed E-state index contributed by atoms with van der Waals surface area (Å²) in [6.07, 6.45) is 9.48. The second kappa shape index (κ2) is 6.13. The average molecular weight is 314 g/mol. The summed E-state index contributed by atoms with van der Waals surface area (Å²) < 4.78 is 1.83. The normalized spacial score (nSPS) is 24.7. The van der Waals surface area contributed by atoms with Gasteiger partial charge in [0.2, 0.25) is 5.91 Å². The number of hydrogen-bond acceptors (Lipinski definition) is 5. The van der Waals surface area contributed by atoms with Crippen molar-refractivity contribution in [1.82, 2.24) is 14.7 Å². The van der Waals surface area contributed by atoms with Crippen molar-refractivity contribution in [2.75, 3.05) is 13.1 Å². The number of aromatic nitrogens is 2. The molecule has 3 rings (SSSR count). The van der Waals surface area contributed by atoms with E-state index in [1.165, 1.54) is 0 Å². The third kappa shape index (κ3) is 3.27. The molecule has 2 N–H and O–H groups in total. The summed E-state index contributed by atoms with van der Waals surface area (Å²) in [7, 11) is 1.90. The molecular weight excluding hydrogens is 292 g/mol. The van der Waals surface area contributed by atoms with Crippen LogP contribution in [0.5, 0.6) is 0 Å². The summed E-state index contributed by atoms with van der Waals surface area (Å²) >= 11 is 0. The molecule has 1 aromatic heterocycles. The minimum absolute atomic E-state index is 0.0555. The Labute approximate surface area is 135 Å². The molecule has 0 spiro atoms. The number of aryl methyl sites for hydroxylation is 1. The number of hydrogen-bond donors (Lipinski definition) is 1. The molecule has 122 valence electrons. The molecule has 2 aliphatic heterocycles. The van der Waals surface area contributed by atoms with Crippen LogP contribution in [0.2, 0.25) is 0 Å². The van der Waals surface area contributed by atoms with E-state index in [0.29, 0.717) is 32.4 Å². The molecular formula is C16H22N6O. The Morgan fingerprint density at radius 1 is 1.48 bits per heavy atom. The Kier molecular flexibility index (Phi) is 4.18. The SMILES string of the molecule is C#CCCC1(CCC(=O)N2C[C@@H](N)[C@H](c3ccnn3C)C2)N=N1. The predicted octanol–water partition coefficient (Wildman–Crippen LogP) is 1.03. The highest BCUT2D eigenvalue weighted by atomic mass is 16.2. The quantitative estimate of drug-likeness (QED) is 0.795. The van der Waals surface area contributed by atoms with Crippen LogP contribution in [0, 0.1) is 12.3 Å². The van der Waals surface area contributed by atoms with Crippen molar-refractivity contribution in [1.29, 1.82) is 0 Å². The first-order chi connectivity index (χ1) is 11.0. The molecule has 0 radical (unpaired) electrons. The molecule has 23 heavy (non-hydrogen) atoms. The number of carbonyl (C=O) groups is 1. The first-order valence-corrected chi connectivity index (χ1v) is 7.93. The topological polar surface area (TPSA) is 88.9 Å². The average Bonchev–Trinajstić information content (AvgIpc) is 3.02. The highest BCUT2D eigenvalue weighted by Gasteiger charge is 2.41. The van der Waals surface area contributed by atoms with E-state index in [4.69, 9.17) is 12.2 Å². The monoisotopic (exact) mass is 314 g/mol. The molecule has 2 aliphatic rings. The van der Waals surface area contributed by atoms with Crippen molar-refractivity contribution in [3.05, 3.63) is 18.0 Å². The van der Waals surface area contributed by atoms with Gasteiger partial charge in [0.25, 0.3) is 0 Å². The van der Waals surface area contributed by atoms with Crippen molar-refractivity contribution in [3.8, 4) is 12.3 Å². The number of nitrogens with zero attached hydrogens (tertiary/aromatic N) is 5. The number of nitrogens with two attached hydrogens (primary N) is 1. The third-order valence-corrected chi connectivity index (χ3v) is 4.75. The van der Waals surface area contributed by atoms with Gasteiger partial charge < -0.3 is 10.6 Å². The zero-order chi connectivity index (χ0) is 16.4. The molecule has 7 nitrogen and oxygen atoms in total. The highest BCUT2D eigenvalue weighted by molar-refractivity contribution is 5.77. The van der Waals surface area contributed by atoms with Gasteiger partial charge in [-0.25, -0.2) is 0 Å². The van der Waals surface area contributed by atoms with Gasteiger partial charge in [-0.2, -0.15) is 15.3 Å². The van der Waals surface area contributed by atoms with Crippen LogP contribution in [-0.2, 0) is 11.8 Å². The molecule has 2 atom stereocenters. The van der Waals surface area contributed by atoms with Crippen LogP contribution in [0.25, 0.3) is 0 Å². The molecule has 1 amide bonds. The second-order valence-electron chi connectivity index (χ2n) is 6.34. The van der Waals surface area contributed by atoms with Gasteiger partial charge in [-0.15, -0.1) is 12.3 Å². The second-order valence-corrected chi connectivity index (χ2v) is 6.34. The van der Waals surface area contributed by atoms with Gasteiger partial charge in [0.05, 0.1) is 0 Å². The van der Waals surface area contributed by atoms with Crippen molar-refractivity contribution < 1.29 is 4.79 Å². The number of amides is 1. The lowest BCUT2D eigenvalue weighted by Crippen LogP contribution is -2.32. The van der Waals surface area contributed by atoms with Crippen LogP contribution >= 0.6 is 0 Å². The van der Waals surface area contributed by atoms with Gasteiger partial charge in [-0.1, -0.05) is 0 Å². The lowest BCUT2D eigenvalue weighted by atomic mass is 10.0. The van der Waals surface area contributed by atoms with Crippen LogP contribution in [0.1, 0.15) is 37.3 Å². The highest BCUT2D eigenvalue weighted by Crippen LogP contribution is 2.38. The Morgan fingerprint density at radius 2 is 2.26 bits per heavy atom. The van der Waals surface area contributed by atoms with Crippen LogP contribution in [0.3, 0.4) is 0 Å². The van der Waals surface area contributed by atoms with Crippen LogP contribution in [0.4, 0.5) is 0 Å². The largest absolute Gasteiger partial charge is 0.340 e. The molecule has 3 heterocycles. The zero-order valence-electron chi connectivity index (χ0n) is 13.4. The lowest BCUT2D eigenvalue weighted by molar-refractivity contribution is -0.130. The summed E-state index contributed by atoms with van der Waals surface area (Å²) in [5.41, 5.74) is 6.91. The number of terminal acetylenes is 1. The van der Waals surface area contributed by atoms with E-state index in [1.807, 2.05) is 22.7 Å². The first kappa shape index (κ1) is 15.7. The summed E-state index contributed by atoms with van der Waals surface area (Å²) in [6.45, 7) is 1.23. The molecule has 0 bridgehead atoms. The smallest absolute Gasteiger partial charge is 0.222 e. The lowest BCUT2D eigenvalue weighted by Gasteiger charge is -2.17. The van der Waals surface area contributed by atoms with Crippen LogP contribution < -0.4 is 5.73 Å². The maximum atomic E-state index is 12.5. The molecule has 1 saturated heterocycles. The van der Waals surface area contributed by atoms with E-state index >= 15 is 0 Å². The van der Waals surface area contributed by atoms with Gasteiger partial charge in [-0.3, -0.25) is 9.48 Å². The van der Waals surface area contributed by atoms with E-state index in [2.05, 4.69) is 21.2 Å². The molecule has 7 heteroatoms. The number of carbonyl (C=O) groups excluding carboxylic acids is 1. The van der Waals surface area contributed by atoms with Gasteiger partial charge >= 0.3 is 0 Å². The molecule has 0 aromatic carbocycles. The van der Waals surface area contributed by atoms with Gasteiger partial charge in [-0.05, 0) is 6.07 Å². The number of likely N-dealkylation sites (tertiary alicyclic amines) is 1. The fourth-order valence-electron chi connectivity index (χ4n) is 3.23. The van der Waals surface area contributed by atoms with E-state index in [-0.39, 0.29) is 17.9 Å². The maximum absolute atomic E-state index is 12.5. The molecule has 0 unspecified atom stereocenters. The van der Waals surface area contributed by atoms with E-state index in [1.54, 1.807) is 6.20 Å². The minimum atomic E-state index is -0.398. The number of rotatable bonds is 6. The van der Waals surface area contributed by atoms with Crippen LogP contribution in [0.15, 0.2) is 22.5 Å². The van der Waals surface area contributed by atoms with E-state index < -0.39 is 5.66 Å². The van der Waals surface area contributed by atoms with Crippen molar-refractivity contribution >= 4 is 5.91 Å². The molecule has 0 saturated carbocycles. The molecule has 1 fully saturated rings. The standard InChI is InChI=1S/C16H22N6O/c1-3-4-7-16(19-20-16)8-5-15(23)22-10-12(13(17)11-22)14-6-9-18-21(14)2/h1,6,9,12-13H,4-5,7-8,10-11,17H2,2H3/t12-,13-/m1/s1. The van der Waals surface area contributed by atoms with Crippen LogP contribution in [-0.4, -0.2) is 45.4 Å². The fraction of sp³-hybridized carbons (Fsp3) is 0.625. The van der Waals surface area contributed by atoms with Gasteiger partial charge in [0.15, 0.2) is 5.66 Å². The predicted molar refractivity (Wildman–Crippen MR) is 85.4 cm³/mol. The molecule has 0 aliphatic carbocycles. The van der Waals surface area contributed by atoms with Crippen molar-refractivity contribution in [3.63, 3.8) is 0 Å². The van der Waals surface area contributed by atoms with E-state index in [0.717, 1.165) is 12.1 Å². The Hall–Kier alpha value is -2.20. The van der Waals surface area contributed by atoms with Gasteiger partial charge in [0.1, 0.15) is 0 Å². The van der Waals surface area contributed by atoms with Gasteiger partial charge in [0, 0.05) is 69.7 Å². The summed E-state index contributed by atoms with van der Waals surface area (Å²) in [5, 5.41) is 12.3. The third-order valence-electron chi connectivity index (χ3n) is 4.75. The summed E-state index contributed by atoms with van der Waals surface area (Å²) in [6, 6.07) is 1.91. The van der Waals surface area contributed by atoms with E-state index in [9.17, 15) is 4.79 Å². The zero-order valence-corrected chi connectivity index (χ0v) is 13.4. The Bertz CT molecular complexity index is 652. The minimum Gasteiger partial charge on any atom is -0.340 e. The first-order valence-electron chi connectivity index (χ1n) is 7.93. The Balaban J connectivity index is 1.53. The Morgan fingerprint density at radius 3 is 2.87 bits per heavy atom. The van der Waals surface area contributed by atoms with Crippen molar-refractivity contribution in [2.45, 2.75) is 43.3 Å². The summed E-state index contributed by atoms with van der Waals surface area (Å²) in [5.74, 6) is 2.85. The van der Waals surface area contributed by atoms with Crippen molar-refractivity contribution in [2.24, 2.45) is 23.0 Å². The maximum Gasteiger partial charge on any atom is 0.222 e. The fourth-order valence-corrected chi connectivity index (χ4v) is 3.23. The molecule has 1 aromatic rings.